The summed E-state index contributed by atoms with van der Waals surface area (Å²) in [6.45, 7) is 5.38. The van der Waals surface area contributed by atoms with Gasteiger partial charge in [0.15, 0.2) is 0 Å². The zero-order valence-electron chi connectivity index (χ0n) is 16.8. The van der Waals surface area contributed by atoms with Crippen LogP contribution in [-0.2, 0) is 22.5 Å². The zero-order valence-corrected chi connectivity index (χ0v) is 19.2. The summed E-state index contributed by atoms with van der Waals surface area (Å²) in [5, 5.41) is 3.06. The van der Waals surface area contributed by atoms with Gasteiger partial charge in [-0.15, -0.1) is 11.6 Å². The molecule has 3 rings (SSSR count). The number of benzene rings is 2. The number of ether oxygens (including phenoxy) is 1. The fourth-order valence-electron chi connectivity index (χ4n) is 3.45. The molecule has 2 unspecified atom stereocenters. The minimum absolute atomic E-state index is 0.110. The van der Waals surface area contributed by atoms with E-state index in [2.05, 4.69) is 59.4 Å². The molecule has 1 amide bonds. The van der Waals surface area contributed by atoms with E-state index < -0.39 is 0 Å². The van der Waals surface area contributed by atoms with Gasteiger partial charge in [0.2, 0.25) is 5.91 Å². The van der Waals surface area contributed by atoms with Crippen LogP contribution in [0.2, 0.25) is 0 Å². The van der Waals surface area contributed by atoms with Gasteiger partial charge in [-0.3, -0.25) is 4.79 Å². The first-order chi connectivity index (χ1) is 13.8. The van der Waals surface area contributed by atoms with Crippen LogP contribution in [0.5, 0.6) is 0 Å². The lowest BCUT2D eigenvalue weighted by Crippen LogP contribution is -2.41. The van der Waals surface area contributed by atoms with Crippen LogP contribution in [0.3, 0.4) is 0 Å². The van der Waals surface area contributed by atoms with Crippen molar-refractivity contribution in [2.45, 2.75) is 44.2 Å². The molecule has 1 aliphatic rings. The minimum atomic E-state index is -0.129. The second-order valence-corrected chi connectivity index (χ2v) is 9.65. The Labute approximate surface area is 186 Å². The molecule has 5 heteroatoms. The zero-order chi connectivity index (χ0) is 20.9. The van der Waals surface area contributed by atoms with Crippen LogP contribution in [0.1, 0.15) is 37.0 Å². The average Bonchev–Trinajstić information content (AvgIpc) is 2.68. The van der Waals surface area contributed by atoms with Crippen molar-refractivity contribution in [2.75, 3.05) is 6.61 Å². The molecular formula is C24H27BrClNO2. The molecule has 0 spiro atoms. The van der Waals surface area contributed by atoms with Crippen LogP contribution >= 0.6 is 27.5 Å². The molecule has 0 bridgehead atoms. The van der Waals surface area contributed by atoms with Crippen molar-refractivity contribution in [2.24, 2.45) is 5.92 Å². The van der Waals surface area contributed by atoms with Gasteiger partial charge < -0.3 is 10.1 Å². The topological polar surface area (TPSA) is 38.3 Å². The monoisotopic (exact) mass is 475 g/mol. The van der Waals surface area contributed by atoms with Crippen molar-refractivity contribution >= 4 is 39.5 Å². The summed E-state index contributed by atoms with van der Waals surface area (Å²) >= 11 is 10.0. The largest absolute Gasteiger partial charge is 0.375 e. The predicted octanol–water partition coefficient (Wildman–Crippen LogP) is 5.74. The second kappa shape index (κ2) is 9.92. The number of hydrogen-bond acceptors (Lipinski definition) is 2. The third kappa shape index (κ3) is 6.98. The van der Waals surface area contributed by atoms with Gasteiger partial charge in [-0.05, 0) is 61.6 Å². The van der Waals surface area contributed by atoms with Gasteiger partial charge in [0.05, 0.1) is 12.2 Å². The molecule has 1 aliphatic heterocycles. The van der Waals surface area contributed by atoms with Gasteiger partial charge in [-0.2, -0.15) is 0 Å². The number of carbonyl (C=O) groups is 1. The van der Waals surface area contributed by atoms with E-state index in [-0.39, 0.29) is 16.9 Å². The molecule has 2 aromatic carbocycles. The molecule has 0 aliphatic carbocycles. The summed E-state index contributed by atoms with van der Waals surface area (Å²) in [5.41, 5.74) is 3.16. The highest BCUT2D eigenvalue weighted by molar-refractivity contribution is 9.10. The normalized spacial score (nSPS) is 21.2. The first kappa shape index (κ1) is 22.1. The van der Waals surface area contributed by atoms with Crippen molar-refractivity contribution < 1.29 is 9.53 Å². The fraction of sp³-hybridized carbons (Fsp3) is 0.375. The maximum atomic E-state index is 12.1. The van der Waals surface area contributed by atoms with E-state index in [1.165, 1.54) is 5.56 Å². The summed E-state index contributed by atoms with van der Waals surface area (Å²) in [7, 11) is 0. The minimum Gasteiger partial charge on any atom is -0.375 e. The molecule has 3 nitrogen and oxygen atoms in total. The molecule has 1 heterocycles. The summed E-state index contributed by atoms with van der Waals surface area (Å²) in [5.74, 6) is 0.222. The lowest BCUT2D eigenvalue weighted by molar-refractivity contribution is -0.116. The number of amides is 1. The quantitative estimate of drug-likeness (QED) is 0.426. The average molecular weight is 477 g/mol. The molecule has 0 aromatic heterocycles. The molecule has 0 saturated carbocycles. The molecule has 1 saturated heterocycles. The summed E-state index contributed by atoms with van der Waals surface area (Å²) in [4.78, 5) is 12.1. The Morgan fingerprint density at radius 2 is 1.97 bits per heavy atom. The smallest absolute Gasteiger partial charge is 0.244 e. The number of nitrogens with one attached hydrogen (secondary N) is 1. The lowest BCUT2D eigenvalue weighted by Gasteiger charge is -2.38. The maximum Gasteiger partial charge on any atom is 0.244 e. The van der Waals surface area contributed by atoms with Gasteiger partial charge in [-0.1, -0.05) is 52.3 Å². The van der Waals surface area contributed by atoms with E-state index in [9.17, 15) is 4.79 Å². The highest BCUT2D eigenvalue weighted by atomic mass is 79.9. The summed E-state index contributed by atoms with van der Waals surface area (Å²) < 4.78 is 6.92. The van der Waals surface area contributed by atoms with Crippen molar-refractivity contribution in [3.8, 4) is 0 Å². The van der Waals surface area contributed by atoms with Crippen LogP contribution in [0, 0.1) is 5.92 Å². The second-order valence-electron chi connectivity index (χ2n) is 8.18. The lowest BCUT2D eigenvalue weighted by atomic mass is 9.87. The van der Waals surface area contributed by atoms with Gasteiger partial charge in [0, 0.05) is 28.4 Å². The van der Waals surface area contributed by atoms with E-state index >= 15 is 0 Å². The molecule has 0 radical (unpaired) electrons. The highest BCUT2D eigenvalue weighted by Gasteiger charge is 2.34. The number of carbonyl (C=O) groups excluding carboxylic acids is 1. The van der Waals surface area contributed by atoms with Crippen LogP contribution in [0.15, 0.2) is 59.1 Å². The van der Waals surface area contributed by atoms with Gasteiger partial charge in [0.1, 0.15) is 0 Å². The fourth-order valence-corrected chi connectivity index (χ4v) is 4.40. The number of alkyl halides is 1. The SMILES string of the molecule is CC1(C)CC(Cl)C(Cc2ccc(CNC(=O)C=Cc3cccc(Br)c3)cc2)CO1. The number of halogens is 2. The van der Waals surface area contributed by atoms with Crippen LogP contribution in [0.4, 0.5) is 0 Å². The van der Waals surface area contributed by atoms with E-state index in [0.717, 1.165) is 28.4 Å². The first-order valence-corrected chi connectivity index (χ1v) is 11.1. The van der Waals surface area contributed by atoms with Gasteiger partial charge in [0.25, 0.3) is 0 Å². The molecule has 2 aromatic rings. The Bertz CT molecular complexity index is 863. The van der Waals surface area contributed by atoms with Crippen molar-refractivity contribution in [3.63, 3.8) is 0 Å². The third-order valence-corrected chi connectivity index (χ3v) is 6.15. The van der Waals surface area contributed by atoms with Crippen LogP contribution in [-0.4, -0.2) is 23.5 Å². The van der Waals surface area contributed by atoms with Gasteiger partial charge in [-0.25, -0.2) is 0 Å². The number of hydrogen-bond donors (Lipinski definition) is 1. The number of rotatable bonds is 6. The van der Waals surface area contributed by atoms with Gasteiger partial charge >= 0.3 is 0 Å². The Morgan fingerprint density at radius 1 is 1.24 bits per heavy atom. The Balaban J connectivity index is 1.47. The first-order valence-electron chi connectivity index (χ1n) is 9.88. The summed E-state index contributed by atoms with van der Waals surface area (Å²) in [6.07, 6.45) is 5.14. The van der Waals surface area contributed by atoms with E-state index in [0.29, 0.717) is 19.1 Å². The molecule has 2 atom stereocenters. The Morgan fingerprint density at radius 3 is 2.66 bits per heavy atom. The maximum absolute atomic E-state index is 12.1. The van der Waals surface area contributed by atoms with Crippen molar-refractivity contribution in [1.29, 1.82) is 0 Å². The molecule has 29 heavy (non-hydrogen) atoms. The van der Waals surface area contributed by atoms with Crippen LogP contribution in [0.25, 0.3) is 6.08 Å². The van der Waals surface area contributed by atoms with Crippen molar-refractivity contribution in [3.05, 3.63) is 75.8 Å². The summed E-state index contributed by atoms with van der Waals surface area (Å²) in [6, 6.07) is 16.2. The Kier molecular flexibility index (Phi) is 7.55. The molecule has 1 N–H and O–H groups in total. The molecule has 1 fully saturated rings. The van der Waals surface area contributed by atoms with E-state index in [1.807, 2.05) is 24.3 Å². The highest BCUT2D eigenvalue weighted by Crippen LogP contribution is 2.33. The standard InChI is InChI=1S/C24H27BrClNO2/c1-24(2)14-22(26)20(16-29-24)12-18-6-8-19(9-7-18)15-27-23(28)11-10-17-4-3-5-21(25)13-17/h3-11,13,20,22H,12,14-16H2,1-2H3,(H,27,28). The van der Waals surface area contributed by atoms with E-state index in [4.69, 9.17) is 16.3 Å². The third-order valence-electron chi connectivity index (χ3n) is 5.15. The Hall–Kier alpha value is -1.62. The molecule has 154 valence electrons. The molecular weight excluding hydrogens is 450 g/mol. The van der Waals surface area contributed by atoms with Crippen LogP contribution < -0.4 is 5.32 Å². The van der Waals surface area contributed by atoms with E-state index in [1.54, 1.807) is 12.2 Å². The predicted molar refractivity (Wildman–Crippen MR) is 123 cm³/mol. The van der Waals surface area contributed by atoms with Crippen molar-refractivity contribution in [1.82, 2.24) is 5.32 Å².